The van der Waals surface area contributed by atoms with Gasteiger partial charge >= 0.3 is 0 Å². The van der Waals surface area contributed by atoms with E-state index in [1.807, 2.05) is 0 Å². The molecule has 1 aliphatic rings. The summed E-state index contributed by atoms with van der Waals surface area (Å²) in [5.74, 6) is 0. The molecule has 0 aromatic rings. The fourth-order valence-electron chi connectivity index (χ4n) is 6.60. The molecule has 0 aromatic heterocycles. The van der Waals surface area contributed by atoms with Crippen molar-refractivity contribution in [3.8, 4) is 0 Å². The molecule has 0 saturated carbocycles. The highest BCUT2D eigenvalue weighted by molar-refractivity contribution is 8.11. The monoisotopic (exact) mass is 582 g/mol. The van der Waals surface area contributed by atoms with Gasteiger partial charge in [0.05, 0.1) is 16.3 Å². The normalized spacial score (nSPS) is 19.7. The molecular weight excluding hydrogens is 522 g/mol. The lowest BCUT2D eigenvalue weighted by molar-refractivity contribution is 0.244. The van der Waals surface area contributed by atoms with E-state index in [2.05, 4.69) is 148 Å². The van der Waals surface area contributed by atoms with E-state index in [-0.39, 0.29) is 11.1 Å². The van der Waals surface area contributed by atoms with Crippen LogP contribution in [-0.4, -0.2) is 74.4 Å². The summed E-state index contributed by atoms with van der Waals surface area (Å²) in [5.41, 5.74) is 0.216. The Morgan fingerprint density at radius 1 is 0.714 bits per heavy atom. The summed E-state index contributed by atoms with van der Waals surface area (Å²) < 4.78 is 13.1. The molecule has 9 heteroatoms. The van der Waals surface area contributed by atoms with Crippen LogP contribution in [0.1, 0.15) is 96.9 Å². The highest BCUT2D eigenvalue weighted by Gasteiger charge is 2.65. The van der Waals surface area contributed by atoms with Gasteiger partial charge in [-0.3, -0.25) is 18.0 Å². The Hall–Kier alpha value is 1.29. The van der Waals surface area contributed by atoms with Gasteiger partial charge in [0.25, 0.3) is 0 Å². The van der Waals surface area contributed by atoms with Crippen LogP contribution in [0.3, 0.4) is 0 Å². The second kappa shape index (κ2) is 11.0. The Labute approximate surface area is 229 Å². The maximum absolute atomic E-state index is 8.47. The van der Waals surface area contributed by atoms with Gasteiger partial charge in [-0.1, -0.05) is 30.9 Å². The smallest absolute Gasteiger partial charge is 0.210 e. The molecule has 0 N–H and O–H groups in total. The molecule has 1 heterocycles. The van der Waals surface area contributed by atoms with Crippen molar-refractivity contribution in [2.45, 2.75) is 165 Å². The molecular formula is C26H61ClN4P2Si2. The van der Waals surface area contributed by atoms with Gasteiger partial charge in [-0.05, 0) is 110 Å². The van der Waals surface area contributed by atoms with Crippen LogP contribution < -0.4 is 0 Å². The van der Waals surface area contributed by atoms with Gasteiger partial charge in [-0.25, -0.2) is 0 Å². The van der Waals surface area contributed by atoms with Gasteiger partial charge in [0.1, 0.15) is 6.54 Å². The minimum Gasteiger partial charge on any atom is -0.270 e. The van der Waals surface area contributed by atoms with Crippen LogP contribution in [0.15, 0.2) is 0 Å². The SMILES string of the molecule is CC(C)N(C(C)C)P(Cl)(=C(P1N(C(C)(C)C)[Si](C)(C)N1C(C)(C)C)[Si](C)(C)C)N(C(C)C)C(C)C. The molecule has 0 spiro atoms. The third-order valence-electron chi connectivity index (χ3n) is 6.54. The first-order valence-corrected chi connectivity index (χ1v) is 24.0. The zero-order chi connectivity index (χ0) is 28.3. The molecule has 210 valence electrons. The lowest BCUT2D eigenvalue weighted by atomic mass is 10.1. The predicted octanol–water partition coefficient (Wildman–Crippen LogP) is 9.46. The minimum atomic E-state index is -2.35. The van der Waals surface area contributed by atoms with Crippen molar-refractivity contribution in [3.63, 3.8) is 0 Å². The van der Waals surface area contributed by atoms with Crippen molar-refractivity contribution in [2.75, 3.05) is 0 Å². The van der Waals surface area contributed by atoms with Crippen molar-refractivity contribution in [3.05, 3.63) is 0 Å². The van der Waals surface area contributed by atoms with E-state index in [0.717, 1.165) is 0 Å². The molecule has 1 saturated heterocycles. The molecule has 35 heavy (non-hydrogen) atoms. The molecule has 1 aliphatic heterocycles. The fourth-order valence-corrected chi connectivity index (χ4v) is 34.9. The first-order chi connectivity index (χ1) is 15.3. The van der Waals surface area contributed by atoms with E-state index in [1.54, 1.807) is 4.66 Å². The molecule has 4 nitrogen and oxygen atoms in total. The van der Waals surface area contributed by atoms with Crippen LogP contribution in [0.2, 0.25) is 32.7 Å². The highest BCUT2D eigenvalue weighted by atomic mass is 35.7. The molecule has 0 aliphatic carbocycles. The maximum atomic E-state index is 8.47. The van der Waals surface area contributed by atoms with E-state index in [9.17, 15) is 0 Å². The molecule has 0 radical (unpaired) electrons. The van der Waals surface area contributed by atoms with Gasteiger partial charge in [-0.15, -0.1) is 0 Å². The van der Waals surface area contributed by atoms with Crippen molar-refractivity contribution in [1.29, 1.82) is 0 Å². The van der Waals surface area contributed by atoms with Crippen molar-refractivity contribution >= 4 is 47.1 Å². The average molecular weight is 583 g/mol. The van der Waals surface area contributed by atoms with Crippen LogP contribution in [0, 0.1) is 0 Å². The van der Waals surface area contributed by atoms with Crippen molar-refractivity contribution in [2.24, 2.45) is 0 Å². The second-order valence-corrected chi connectivity index (χ2v) is 31.5. The first kappa shape index (κ1) is 34.3. The van der Waals surface area contributed by atoms with Crippen LogP contribution in [0.5, 0.6) is 0 Å². The number of nitrogens with zero attached hydrogens (tertiary/aromatic N) is 4. The molecule has 0 unspecified atom stereocenters. The average Bonchev–Trinajstić information content (AvgIpc) is 2.46. The van der Waals surface area contributed by atoms with Crippen molar-refractivity contribution in [1.82, 2.24) is 18.0 Å². The van der Waals surface area contributed by atoms with E-state index in [4.69, 9.17) is 11.2 Å². The predicted molar refractivity (Wildman–Crippen MR) is 173 cm³/mol. The van der Waals surface area contributed by atoms with E-state index < -0.39 is 31.2 Å². The van der Waals surface area contributed by atoms with Gasteiger partial charge in [-0.2, -0.15) is 0 Å². The Bertz CT molecular complexity index is 729. The van der Waals surface area contributed by atoms with Crippen LogP contribution in [-0.2, 0) is 0 Å². The first-order valence-electron chi connectivity index (χ1n) is 13.7. The summed E-state index contributed by atoms with van der Waals surface area (Å²) in [6.07, 6.45) is 0. The minimum absolute atomic E-state index is 0.108. The van der Waals surface area contributed by atoms with E-state index in [1.165, 1.54) is 0 Å². The highest BCUT2D eigenvalue weighted by Crippen LogP contribution is 2.77. The topological polar surface area (TPSA) is 13.0 Å². The third kappa shape index (κ3) is 6.55. The summed E-state index contributed by atoms with van der Waals surface area (Å²) in [6.45, 7) is 43.9. The zero-order valence-electron chi connectivity index (χ0n) is 26.9. The number of hydrogen-bond donors (Lipinski definition) is 0. The van der Waals surface area contributed by atoms with Crippen LogP contribution in [0.4, 0.5) is 0 Å². The van der Waals surface area contributed by atoms with Gasteiger partial charge < -0.3 is 0 Å². The maximum Gasteiger partial charge on any atom is 0.210 e. The summed E-state index contributed by atoms with van der Waals surface area (Å²) in [4.78, 5) is 0. The molecule has 0 aromatic carbocycles. The summed E-state index contributed by atoms with van der Waals surface area (Å²) in [7, 11) is -4.32. The Kier molecular flexibility index (Phi) is 10.8. The number of halogens is 1. The number of hydrogen-bond acceptors (Lipinski definition) is 4. The lowest BCUT2D eigenvalue weighted by Crippen LogP contribution is -2.78. The van der Waals surface area contributed by atoms with Gasteiger partial charge in [0, 0.05) is 39.9 Å². The fraction of sp³-hybridized carbons (Fsp3) is 0.962. The third-order valence-corrected chi connectivity index (χ3v) is 30.6. The largest absolute Gasteiger partial charge is 0.270 e. The zero-order valence-corrected chi connectivity index (χ0v) is 31.4. The summed E-state index contributed by atoms with van der Waals surface area (Å²) in [6, 6.07) is 1.50. The number of rotatable bonds is 8. The summed E-state index contributed by atoms with van der Waals surface area (Å²) in [5, 5.41) is 0. The quantitative estimate of drug-likeness (QED) is 0.209. The van der Waals surface area contributed by atoms with Crippen LogP contribution >= 0.6 is 26.0 Å². The van der Waals surface area contributed by atoms with Crippen molar-refractivity contribution < 1.29 is 0 Å². The Morgan fingerprint density at radius 3 is 1.14 bits per heavy atom. The van der Waals surface area contributed by atoms with Gasteiger partial charge in [0.15, 0.2) is 0 Å². The molecule has 0 atom stereocenters. The molecule has 1 rings (SSSR count). The summed E-state index contributed by atoms with van der Waals surface area (Å²) >= 11 is 8.47. The van der Waals surface area contributed by atoms with Crippen LogP contribution in [0.25, 0.3) is 0 Å². The molecule has 0 bridgehead atoms. The lowest BCUT2D eigenvalue weighted by Gasteiger charge is -2.72. The molecule has 1 fully saturated rings. The standard InChI is InChI=1S/C26H61ClN4P2Si2/c1-20(2)28(21(3)4)33(27,29(22(5)6)23(7)8)24(34(15,16)17)32-30(25(9,10)11)35(18,19)31(32)26(12,13)14/h20-23H,1-19H3. The Balaban J connectivity index is 4.46. The second-order valence-electron chi connectivity index (χ2n) is 15.0. The van der Waals surface area contributed by atoms with E-state index in [0.29, 0.717) is 24.2 Å². The Morgan fingerprint density at radius 2 is 0.971 bits per heavy atom. The van der Waals surface area contributed by atoms with E-state index >= 15 is 0 Å². The van der Waals surface area contributed by atoms with Gasteiger partial charge in [0.2, 0.25) is 8.40 Å². The molecule has 0 amide bonds.